The average molecular weight is 1070 g/mol. The minimum atomic E-state index is -0.567. The van der Waals surface area contributed by atoms with Gasteiger partial charge < -0.3 is 43.5 Å². The van der Waals surface area contributed by atoms with E-state index < -0.39 is 16.7 Å². The molecule has 410 valence electrons. The minimum absolute atomic E-state index is 0.0275. The maximum atomic E-state index is 14.3. The Labute approximate surface area is 461 Å². The van der Waals surface area contributed by atoms with Crippen molar-refractivity contribution in [2.24, 2.45) is 4.99 Å². The lowest BCUT2D eigenvalue weighted by Crippen LogP contribution is -2.59. The first kappa shape index (κ1) is 55.5. The van der Waals surface area contributed by atoms with Gasteiger partial charge >= 0.3 is 0 Å². The van der Waals surface area contributed by atoms with E-state index in [0.717, 1.165) is 47.5 Å². The Bertz CT molecular complexity index is 3050. The molecule has 2 amide bonds. The van der Waals surface area contributed by atoms with Gasteiger partial charge in [0.15, 0.2) is 23.0 Å². The lowest BCUT2D eigenvalue weighted by atomic mass is 9.88. The van der Waals surface area contributed by atoms with Crippen LogP contribution in [-0.2, 0) is 35.5 Å². The Hall–Kier alpha value is -6.29. The van der Waals surface area contributed by atoms with Gasteiger partial charge in [0.2, 0.25) is 0 Å². The van der Waals surface area contributed by atoms with Crippen molar-refractivity contribution >= 4 is 59.1 Å². The number of rotatable bonds is 20. The van der Waals surface area contributed by atoms with Gasteiger partial charge in [-0.3, -0.25) is 24.5 Å². The Morgan fingerprint density at radius 1 is 0.701 bits per heavy atom. The Kier molecular flexibility index (Phi) is 15.5. The molecular formula is C62H78N6O8S. The summed E-state index contributed by atoms with van der Waals surface area (Å²) in [5.41, 5.74) is 6.51. The molecule has 77 heavy (non-hydrogen) atoms. The van der Waals surface area contributed by atoms with Crippen molar-refractivity contribution in [2.75, 3.05) is 54.0 Å². The fourth-order valence-electron chi connectivity index (χ4n) is 11.6. The first-order valence-corrected chi connectivity index (χ1v) is 27.5. The molecule has 9 rings (SSSR count). The molecule has 5 aromatic rings. The van der Waals surface area contributed by atoms with Crippen LogP contribution in [0.1, 0.15) is 139 Å². The molecule has 4 aliphatic rings. The first-order valence-electron chi connectivity index (χ1n) is 27.0. The number of pyridine rings is 1. The summed E-state index contributed by atoms with van der Waals surface area (Å²) in [6.07, 6.45) is 5.64. The topological polar surface area (TPSA) is 137 Å². The van der Waals surface area contributed by atoms with Crippen LogP contribution in [0.15, 0.2) is 89.9 Å². The zero-order valence-electron chi connectivity index (χ0n) is 47.3. The van der Waals surface area contributed by atoms with Crippen molar-refractivity contribution < 1.29 is 38.0 Å². The summed E-state index contributed by atoms with van der Waals surface area (Å²) >= 11 is 4.89. The zero-order chi connectivity index (χ0) is 55.2. The second-order valence-electron chi connectivity index (χ2n) is 24.1. The third-order valence-corrected chi connectivity index (χ3v) is 15.4. The van der Waals surface area contributed by atoms with Gasteiger partial charge in [-0.2, -0.15) is 12.6 Å². The lowest BCUT2D eigenvalue weighted by molar-refractivity contribution is -0.0532. The zero-order valence-corrected chi connectivity index (χ0v) is 48.2. The SMILES string of the molecule is CCC(C)(CC(C)(C)S)OCCC(C)(C)N(c1cc(COc2cc3c(cc2OC)C(=O)N2c4ccccc4CC2C=N3)nc(COc2cc3c(cc2OC)C(=O)N2c4ccccc4CC2CN3)c1)C(C)(C)COC(C)(C)C. The van der Waals surface area contributed by atoms with E-state index in [1.165, 1.54) is 0 Å². The highest BCUT2D eigenvalue weighted by Gasteiger charge is 2.42. The number of methoxy groups -OCH3 is 2. The highest BCUT2D eigenvalue weighted by atomic mass is 32.1. The first-order chi connectivity index (χ1) is 36.4. The number of aliphatic imine (C=N–C) groups is 1. The molecule has 0 fully saturated rings. The molecule has 5 heterocycles. The van der Waals surface area contributed by atoms with E-state index in [1.54, 1.807) is 32.4 Å². The fraction of sp³-hybridized carbons (Fsp3) is 0.484. The van der Waals surface area contributed by atoms with Crippen molar-refractivity contribution in [3.8, 4) is 23.0 Å². The van der Waals surface area contributed by atoms with Gasteiger partial charge in [-0.15, -0.1) is 0 Å². The van der Waals surface area contributed by atoms with Crippen LogP contribution in [0.5, 0.6) is 23.0 Å². The van der Waals surface area contributed by atoms with E-state index in [2.05, 4.69) is 111 Å². The molecule has 14 nitrogen and oxygen atoms in total. The standard InChI is InChI=1S/C62H78N6O8S/c1-14-62(11,37-61(9,10)77)75-24-23-59(5,6)68(60(7,8)38-76-58(2,3)4)43-27-41(35-73-54-31-48-46(29-52(54)71-12)56(69)66-44(33-63-48)25-39-19-15-17-21-50(39)66)65-42(28-43)36-74-55-32-49-47(30-53(55)72-13)57(70)67-45(34-64-49)26-40-20-16-18-22-51(40)67/h15-22,27-33,44-45,64,77H,14,23-26,34-38H2,1-13H3. The van der Waals surface area contributed by atoms with Gasteiger partial charge in [0, 0.05) is 65.3 Å². The van der Waals surface area contributed by atoms with Crippen LogP contribution in [0.25, 0.3) is 0 Å². The van der Waals surface area contributed by atoms with Crippen LogP contribution in [0, 0.1) is 0 Å². The number of aromatic nitrogens is 1. The molecular weight excluding hydrogens is 989 g/mol. The van der Waals surface area contributed by atoms with Crippen LogP contribution < -0.4 is 39.0 Å². The molecule has 15 heteroatoms. The number of nitrogens with one attached hydrogen (secondary N) is 1. The Morgan fingerprint density at radius 2 is 1.29 bits per heavy atom. The van der Waals surface area contributed by atoms with Gasteiger partial charge in [-0.25, -0.2) is 0 Å². The third-order valence-electron chi connectivity index (χ3n) is 15.2. The van der Waals surface area contributed by atoms with E-state index in [9.17, 15) is 9.59 Å². The number of hydrogen-bond donors (Lipinski definition) is 2. The number of para-hydroxylation sites is 2. The molecule has 4 aliphatic heterocycles. The van der Waals surface area contributed by atoms with Crippen molar-refractivity contribution in [3.05, 3.63) is 119 Å². The van der Waals surface area contributed by atoms with Crippen molar-refractivity contribution in [3.63, 3.8) is 0 Å². The van der Waals surface area contributed by atoms with Crippen molar-refractivity contribution in [1.82, 2.24) is 4.98 Å². The van der Waals surface area contributed by atoms with Crippen LogP contribution in [0.4, 0.5) is 28.4 Å². The number of hydrogen-bond acceptors (Lipinski definition) is 13. The largest absolute Gasteiger partial charge is 0.493 e. The molecule has 0 aliphatic carbocycles. The van der Waals surface area contributed by atoms with Gasteiger partial charge in [0.1, 0.15) is 13.2 Å². The molecule has 0 bridgehead atoms. The smallest absolute Gasteiger partial charge is 0.261 e. The maximum Gasteiger partial charge on any atom is 0.261 e. The van der Waals surface area contributed by atoms with Crippen LogP contribution in [0.3, 0.4) is 0 Å². The minimum Gasteiger partial charge on any atom is -0.493 e. The number of ether oxygens (including phenoxy) is 6. The normalized spacial score (nSPS) is 17.7. The summed E-state index contributed by atoms with van der Waals surface area (Å²) in [5.74, 6) is 1.47. The average Bonchev–Trinajstić information content (AvgIpc) is 3.92. The molecule has 1 aromatic heterocycles. The van der Waals surface area contributed by atoms with Crippen LogP contribution in [-0.4, -0.2) is 96.1 Å². The second-order valence-corrected chi connectivity index (χ2v) is 25.3. The van der Waals surface area contributed by atoms with Crippen molar-refractivity contribution in [1.29, 1.82) is 0 Å². The van der Waals surface area contributed by atoms with Gasteiger partial charge in [0.05, 0.1) is 83.5 Å². The summed E-state index contributed by atoms with van der Waals surface area (Å²) in [6, 6.07) is 27.1. The lowest BCUT2D eigenvalue weighted by Gasteiger charge is -2.51. The Morgan fingerprint density at radius 3 is 1.90 bits per heavy atom. The monoisotopic (exact) mass is 1070 g/mol. The quantitative estimate of drug-likeness (QED) is 0.0721. The molecule has 0 saturated heterocycles. The van der Waals surface area contributed by atoms with Crippen molar-refractivity contribution in [2.45, 2.75) is 161 Å². The van der Waals surface area contributed by atoms with E-state index >= 15 is 0 Å². The summed E-state index contributed by atoms with van der Waals surface area (Å²) in [5, 5.41) is 3.56. The molecule has 3 unspecified atom stereocenters. The summed E-state index contributed by atoms with van der Waals surface area (Å²) in [4.78, 5) is 44.8. The summed E-state index contributed by atoms with van der Waals surface area (Å²) < 4.78 is 38.5. The number of thiol groups is 1. The second kappa shape index (κ2) is 21.5. The molecule has 0 radical (unpaired) electrons. The van der Waals surface area contributed by atoms with Gasteiger partial charge in [-0.1, -0.05) is 57.2 Å². The van der Waals surface area contributed by atoms with Crippen LogP contribution in [0.2, 0.25) is 0 Å². The van der Waals surface area contributed by atoms with E-state index in [1.807, 2.05) is 58.5 Å². The van der Waals surface area contributed by atoms with E-state index in [-0.39, 0.29) is 47.5 Å². The predicted molar refractivity (Wildman–Crippen MR) is 310 cm³/mol. The number of nitrogens with zero attached hydrogens (tertiary/aromatic N) is 5. The number of carbonyl (C=O) groups is 2. The molecule has 0 spiro atoms. The fourth-order valence-corrected chi connectivity index (χ4v) is 12.0. The Balaban J connectivity index is 1.07. The highest BCUT2D eigenvalue weighted by Crippen LogP contribution is 2.44. The summed E-state index contributed by atoms with van der Waals surface area (Å²) in [6.45, 7) is 25.3. The molecule has 4 aromatic carbocycles. The number of benzene rings is 4. The number of anilines is 4. The molecule has 1 N–H and O–H groups in total. The number of carbonyl (C=O) groups excluding carboxylic acids is 2. The van der Waals surface area contributed by atoms with Crippen LogP contribution >= 0.6 is 12.6 Å². The summed E-state index contributed by atoms with van der Waals surface area (Å²) in [7, 11) is 3.15. The number of fused-ring (bicyclic) bond motifs is 8. The van der Waals surface area contributed by atoms with E-state index in [0.29, 0.717) is 89.5 Å². The van der Waals surface area contributed by atoms with E-state index in [4.69, 9.17) is 51.0 Å². The third kappa shape index (κ3) is 11.9. The molecule has 0 saturated carbocycles. The predicted octanol–water partition coefficient (Wildman–Crippen LogP) is 12.4. The van der Waals surface area contributed by atoms with Gasteiger partial charge in [-0.05, 0) is 129 Å². The highest BCUT2D eigenvalue weighted by molar-refractivity contribution is 7.81. The molecule has 3 atom stereocenters. The van der Waals surface area contributed by atoms with Gasteiger partial charge in [0.25, 0.3) is 11.8 Å². The number of amides is 2. The maximum absolute atomic E-state index is 14.3.